The number of anilines is 2. The topological polar surface area (TPSA) is 79.3 Å². The zero-order valence-electron chi connectivity index (χ0n) is 17.5. The van der Waals surface area contributed by atoms with Gasteiger partial charge in [-0.15, -0.1) is 0 Å². The van der Waals surface area contributed by atoms with E-state index in [1.54, 1.807) is 17.7 Å². The predicted molar refractivity (Wildman–Crippen MR) is 115 cm³/mol. The Morgan fingerprint density at radius 1 is 0.969 bits per heavy atom. The fourth-order valence-corrected chi connectivity index (χ4v) is 3.11. The Kier molecular flexibility index (Phi) is 6.94. The molecule has 1 aromatic heterocycles. The van der Waals surface area contributed by atoms with Crippen molar-refractivity contribution in [1.82, 2.24) is 14.7 Å². The highest BCUT2D eigenvalue weighted by molar-refractivity contribution is 5.95. The maximum absolute atomic E-state index is 13.1. The lowest BCUT2D eigenvalue weighted by atomic mass is 10.1. The summed E-state index contributed by atoms with van der Waals surface area (Å²) < 4.78 is 40.8. The van der Waals surface area contributed by atoms with Crippen molar-refractivity contribution in [3.05, 3.63) is 71.9 Å². The quantitative estimate of drug-likeness (QED) is 0.581. The van der Waals surface area contributed by atoms with Gasteiger partial charge in [-0.2, -0.15) is 18.3 Å². The summed E-state index contributed by atoms with van der Waals surface area (Å²) in [6.45, 7) is 1.38. The summed E-state index contributed by atoms with van der Waals surface area (Å²) >= 11 is 0. The number of nitrogens with one attached hydrogen (secondary N) is 2. The molecule has 3 aromatic rings. The molecule has 0 bridgehead atoms. The van der Waals surface area contributed by atoms with Crippen LogP contribution in [0.5, 0.6) is 0 Å². The van der Waals surface area contributed by atoms with E-state index in [1.807, 2.05) is 30.3 Å². The number of aromatic nitrogens is 2. The summed E-state index contributed by atoms with van der Waals surface area (Å²) in [7, 11) is 1.52. The number of carbonyl (C=O) groups is 2. The van der Waals surface area contributed by atoms with E-state index >= 15 is 0 Å². The van der Waals surface area contributed by atoms with Crippen LogP contribution in [0.2, 0.25) is 0 Å². The third-order valence-electron chi connectivity index (χ3n) is 4.43. The van der Waals surface area contributed by atoms with Crippen LogP contribution < -0.4 is 10.6 Å². The summed E-state index contributed by atoms with van der Waals surface area (Å²) in [5.41, 5.74) is 0.218. The number of likely N-dealkylation sites (N-methyl/N-ethyl adjacent to an activating group) is 1. The van der Waals surface area contributed by atoms with Gasteiger partial charge in [0.15, 0.2) is 0 Å². The Morgan fingerprint density at radius 3 is 2.22 bits per heavy atom. The molecule has 10 heteroatoms. The van der Waals surface area contributed by atoms with E-state index in [0.29, 0.717) is 11.5 Å². The number of halogens is 3. The molecule has 0 aliphatic rings. The number of amides is 2. The van der Waals surface area contributed by atoms with Gasteiger partial charge in [0.25, 0.3) is 0 Å². The van der Waals surface area contributed by atoms with Crippen LogP contribution in [0.25, 0.3) is 5.69 Å². The normalized spacial score (nSPS) is 11.4. The Morgan fingerprint density at radius 2 is 1.56 bits per heavy atom. The number of rotatable bonds is 7. The third-order valence-corrected chi connectivity index (χ3v) is 4.43. The Balaban J connectivity index is 1.59. The second-order valence-corrected chi connectivity index (χ2v) is 7.23. The molecule has 0 fully saturated rings. The van der Waals surface area contributed by atoms with Gasteiger partial charge in [0.1, 0.15) is 5.82 Å². The number of para-hydroxylation sites is 2. The fourth-order valence-electron chi connectivity index (χ4n) is 3.11. The van der Waals surface area contributed by atoms with Crippen LogP contribution in [0.1, 0.15) is 11.3 Å². The van der Waals surface area contributed by atoms with E-state index in [-0.39, 0.29) is 18.8 Å². The minimum Gasteiger partial charge on any atom is -0.324 e. The number of alkyl halides is 3. The Bertz CT molecular complexity index is 1100. The lowest BCUT2D eigenvalue weighted by Crippen LogP contribution is -2.36. The first-order chi connectivity index (χ1) is 15.1. The number of hydrogen-bond acceptors (Lipinski definition) is 4. The highest BCUT2D eigenvalue weighted by atomic mass is 19.4. The van der Waals surface area contributed by atoms with Crippen LogP contribution in [0.3, 0.4) is 0 Å². The first-order valence-corrected chi connectivity index (χ1v) is 9.70. The van der Waals surface area contributed by atoms with Crippen LogP contribution in [-0.4, -0.2) is 46.6 Å². The molecule has 0 radical (unpaired) electrons. The molecule has 0 spiro atoms. The van der Waals surface area contributed by atoms with Crippen molar-refractivity contribution in [2.24, 2.45) is 0 Å². The minimum atomic E-state index is -4.59. The first-order valence-electron chi connectivity index (χ1n) is 9.70. The SMILES string of the molecule is Cc1cc(NC(=O)CN(C)CC(=O)Nc2ccccc2C(F)(F)F)n(-c2ccccc2)n1. The predicted octanol–water partition coefficient (Wildman–Crippen LogP) is 3.71. The molecular formula is C22H22F3N5O2. The van der Waals surface area contributed by atoms with Crippen LogP contribution in [0.15, 0.2) is 60.7 Å². The van der Waals surface area contributed by atoms with Crippen molar-refractivity contribution >= 4 is 23.3 Å². The molecule has 1 heterocycles. The highest BCUT2D eigenvalue weighted by Gasteiger charge is 2.33. The van der Waals surface area contributed by atoms with Gasteiger partial charge in [-0.3, -0.25) is 14.5 Å². The van der Waals surface area contributed by atoms with Gasteiger partial charge in [-0.1, -0.05) is 30.3 Å². The molecule has 0 saturated heterocycles. The molecular weight excluding hydrogens is 423 g/mol. The van der Waals surface area contributed by atoms with Gasteiger partial charge in [0.05, 0.1) is 35.7 Å². The van der Waals surface area contributed by atoms with E-state index in [1.165, 1.54) is 30.1 Å². The highest BCUT2D eigenvalue weighted by Crippen LogP contribution is 2.34. The van der Waals surface area contributed by atoms with Crippen molar-refractivity contribution in [1.29, 1.82) is 0 Å². The summed E-state index contributed by atoms with van der Waals surface area (Å²) in [5.74, 6) is -0.592. The lowest BCUT2D eigenvalue weighted by Gasteiger charge is -2.18. The molecule has 0 aliphatic heterocycles. The van der Waals surface area contributed by atoms with Crippen LogP contribution >= 0.6 is 0 Å². The molecule has 0 unspecified atom stereocenters. The zero-order valence-corrected chi connectivity index (χ0v) is 17.5. The zero-order chi connectivity index (χ0) is 23.3. The minimum absolute atomic E-state index is 0.145. The largest absolute Gasteiger partial charge is 0.418 e. The fraction of sp³-hybridized carbons (Fsp3) is 0.227. The molecule has 0 saturated carbocycles. The molecule has 2 aromatic carbocycles. The summed E-state index contributed by atoms with van der Waals surface area (Å²) in [4.78, 5) is 26.1. The maximum Gasteiger partial charge on any atom is 0.418 e. The molecule has 3 rings (SSSR count). The number of benzene rings is 2. The summed E-state index contributed by atoms with van der Waals surface area (Å²) in [6, 6.07) is 15.7. The second kappa shape index (κ2) is 9.65. The Hall–Kier alpha value is -3.66. The van der Waals surface area contributed by atoms with Crippen molar-refractivity contribution < 1.29 is 22.8 Å². The number of aryl methyl sites for hydroxylation is 1. The van der Waals surface area contributed by atoms with Crippen molar-refractivity contribution in [3.8, 4) is 5.69 Å². The van der Waals surface area contributed by atoms with E-state index < -0.39 is 23.6 Å². The number of hydrogen-bond donors (Lipinski definition) is 2. The smallest absolute Gasteiger partial charge is 0.324 e. The Labute approximate surface area is 182 Å². The standard InChI is InChI=1S/C22H22F3N5O2/c1-15-12-19(30(28-15)16-8-4-3-5-9-16)27-21(32)14-29(2)13-20(31)26-18-11-7-6-10-17(18)22(23,24)25/h3-12H,13-14H2,1-2H3,(H,26,31)(H,27,32). The molecule has 0 atom stereocenters. The summed E-state index contributed by atoms with van der Waals surface area (Å²) in [6.07, 6.45) is -4.59. The van der Waals surface area contributed by atoms with Gasteiger partial charge in [0, 0.05) is 6.07 Å². The average molecular weight is 445 g/mol. The van der Waals surface area contributed by atoms with Gasteiger partial charge in [0.2, 0.25) is 11.8 Å². The summed E-state index contributed by atoms with van der Waals surface area (Å²) in [5, 5.41) is 9.38. The van der Waals surface area contributed by atoms with E-state index in [9.17, 15) is 22.8 Å². The maximum atomic E-state index is 13.1. The average Bonchev–Trinajstić information content (AvgIpc) is 3.07. The van der Waals surface area contributed by atoms with Crippen LogP contribution in [-0.2, 0) is 15.8 Å². The van der Waals surface area contributed by atoms with Crippen LogP contribution in [0.4, 0.5) is 24.7 Å². The monoisotopic (exact) mass is 445 g/mol. The second-order valence-electron chi connectivity index (χ2n) is 7.23. The van der Waals surface area contributed by atoms with Gasteiger partial charge in [-0.25, -0.2) is 4.68 Å². The third kappa shape index (κ3) is 5.94. The molecule has 168 valence electrons. The molecule has 2 amide bonds. The van der Waals surface area contributed by atoms with E-state index in [0.717, 1.165) is 11.8 Å². The first kappa shape index (κ1) is 23.0. The van der Waals surface area contributed by atoms with Gasteiger partial charge in [-0.05, 0) is 38.2 Å². The molecule has 0 aliphatic carbocycles. The molecule has 32 heavy (non-hydrogen) atoms. The molecule has 2 N–H and O–H groups in total. The van der Waals surface area contributed by atoms with Crippen LogP contribution in [0, 0.1) is 6.92 Å². The lowest BCUT2D eigenvalue weighted by molar-refractivity contribution is -0.137. The number of carbonyl (C=O) groups excluding carboxylic acids is 2. The van der Waals surface area contributed by atoms with Crippen molar-refractivity contribution in [3.63, 3.8) is 0 Å². The number of nitrogens with zero attached hydrogens (tertiary/aromatic N) is 3. The van der Waals surface area contributed by atoms with E-state index in [4.69, 9.17) is 0 Å². The molecule has 7 nitrogen and oxygen atoms in total. The van der Waals surface area contributed by atoms with Gasteiger partial charge < -0.3 is 10.6 Å². The van der Waals surface area contributed by atoms with E-state index in [2.05, 4.69) is 15.7 Å². The van der Waals surface area contributed by atoms with Gasteiger partial charge >= 0.3 is 6.18 Å². The van der Waals surface area contributed by atoms with Crippen molar-refractivity contribution in [2.45, 2.75) is 13.1 Å². The van der Waals surface area contributed by atoms with Crippen molar-refractivity contribution in [2.75, 3.05) is 30.8 Å².